The van der Waals surface area contributed by atoms with Crippen molar-refractivity contribution in [1.82, 2.24) is 19.7 Å². The van der Waals surface area contributed by atoms with Crippen molar-refractivity contribution in [3.63, 3.8) is 0 Å². The molecule has 0 spiro atoms. The number of nitrogens with zero attached hydrogens (tertiary/aromatic N) is 4. The van der Waals surface area contributed by atoms with E-state index in [0.29, 0.717) is 16.5 Å². The quantitative estimate of drug-likeness (QED) is 0.580. The molecule has 0 aliphatic carbocycles. The van der Waals surface area contributed by atoms with Gasteiger partial charge in [0.1, 0.15) is 22.9 Å². The van der Waals surface area contributed by atoms with Crippen LogP contribution in [0.4, 0.5) is 13.9 Å². The zero-order chi connectivity index (χ0) is 18.8. The van der Waals surface area contributed by atoms with Gasteiger partial charge in [-0.05, 0) is 30.3 Å². The summed E-state index contributed by atoms with van der Waals surface area (Å²) in [6.45, 7) is 0. The summed E-state index contributed by atoms with van der Waals surface area (Å²) in [5.41, 5.74) is 1.39. The predicted molar refractivity (Wildman–Crippen MR) is 96.8 cm³/mol. The molecule has 0 saturated carbocycles. The fourth-order valence-corrected chi connectivity index (χ4v) is 3.14. The molecule has 0 aliphatic rings. The van der Waals surface area contributed by atoms with Crippen LogP contribution in [0.1, 0.15) is 10.5 Å². The smallest absolute Gasteiger partial charge is 0.276 e. The lowest BCUT2D eigenvalue weighted by Gasteiger charge is -2.08. The molecule has 1 amide bonds. The van der Waals surface area contributed by atoms with E-state index in [1.165, 1.54) is 29.7 Å². The number of benzene rings is 1. The minimum absolute atomic E-state index is 0.0279. The van der Waals surface area contributed by atoms with Crippen LogP contribution in [0.5, 0.6) is 0 Å². The summed E-state index contributed by atoms with van der Waals surface area (Å²) in [4.78, 5) is 21.1. The van der Waals surface area contributed by atoms with Crippen molar-refractivity contribution < 1.29 is 13.6 Å². The van der Waals surface area contributed by atoms with Crippen molar-refractivity contribution in [1.29, 1.82) is 0 Å². The maximum absolute atomic E-state index is 14.0. The number of thiazole rings is 1. The molecule has 0 saturated heterocycles. The molecule has 1 N–H and O–H groups in total. The fourth-order valence-electron chi connectivity index (χ4n) is 2.44. The second kappa shape index (κ2) is 7.04. The van der Waals surface area contributed by atoms with Gasteiger partial charge in [0.15, 0.2) is 10.9 Å². The highest BCUT2D eigenvalue weighted by Crippen LogP contribution is 2.24. The van der Waals surface area contributed by atoms with Gasteiger partial charge in [-0.2, -0.15) is 5.10 Å². The Hall–Kier alpha value is -3.46. The first-order chi connectivity index (χ1) is 13.1. The number of hydrogen-bond donors (Lipinski definition) is 1. The van der Waals surface area contributed by atoms with Crippen LogP contribution in [0.3, 0.4) is 0 Å². The Labute approximate surface area is 156 Å². The van der Waals surface area contributed by atoms with Crippen molar-refractivity contribution in [3.8, 4) is 17.1 Å². The van der Waals surface area contributed by atoms with Gasteiger partial charge in [-0.1, -0.05) is 6.07 Å². The van der Waals surface area contributed by atoms with E-state index in [2.05, 4.69) is 20.4 Å². The maximum atomic E-state index is 14.0. The first-order valence-corrected chi connectivity index (χ1v) is 8.67. The van der Waals surface area contributed by atoms with Gasteiger partial charge in [-0.15, -0.1) is 11.3 Å². The van der Waals surface area contributed by atoms with Gasteiger partial charge < -0.3 is 0 Å². The standard InChI is InChI=1S/C18H11F2N5OS/c19-11-4-5-15(12(20)9-11)25-16(6-8-22-25)17(26)24-18-23-14(10-27-18)13-3-1-2-7-21-13/h1-10H,(H,23,24,26). The second-order valence-corrected chi connectivity index (χ2v) is 6.29. The molecule has 6 nitrogen and oxygen atoms in total. The Balaban J connectivity index is 1.58. The highest BCUT2D eigenvalue weighted by molar-refractivity contribution is 7.14. The normalized spacial score (nSPS) is 10.7. The monoisotopic (exact) mass is 383 g/mol. The van der Waals surface area contributed by atoms with E-state index in [-0.39, 0.29) is 11.4 Å². The van der Waals surface area contributed by atoms with Crippen molar-refractivity contribution in [2.45, 2.75) is 0 Å². The number of rotatable bonds is 4. The molecule has 3 heterocycles. The van der Waals surface area contributed by atoms with E-state index in [4.69, 9.17) is 0 Å². The van der Waals surface area contributed by atoms with Crippen LogP contribution in [0, 0.1) is 11.6 Å². The Morgan fingerprint density at radius 1 is 1.07 bits per heavy atom. The van der Waals surface area contributed by atoms with E-state index >= 15 is 0 Å². The van der Waals surface area contributed by atoms with Crippen molar-refractivity contribution >= 4 is 22.4 Å². The third-order valence-corrected chi connectivity index (χ3v) is 4.42. The predicted octanol–water partition coefficient (Wildman–Crippen LogP) is 3.92. The van der Waals surface area contributed by atoms with Crippen LogP contribution in [-0.2, 0) is 0 Å². The molecule has 27 heavy (non-hydrogen) atoms. The van der Waals surface area contributed by atoms with E-state index < -0.39 is 17.5 Å². The van der Waals surface area contributed by atoms with Crippen molar-refractivity contribution in [2.75, 3.05) is 5.32 Å². The molecule has 9 heteroatoms. The Morgan fingerprint density at radius 2 is 1.96 bits per heavy atom. The van der Waals surface area contributed by atoms with Crippen LogP contribution in [0.2, 0.25) is 0 Å². The molecule has 1 aromatic carbocycles. The molecule has 0 unspecified atom stereocenters. The average molecular weight is 383 g/mol. The molecular formula is C18H11F2N5OS. The number of amides is 1. The third-order valence-electron chi connectivity index (χ3n) is 3.67. The molecule has 134 valence electrons. The van der Waals surface area contributed by atoms with E-state index in [0.717, 1.165) is 16.8 Å². The summed E-state index contributed by atoms with van der Waals surface area (Å²) in [6, 6.07) is 9.94. The number of anilines is 1. The summed E-state index contributed by atoms with van der Waals surface area (Å²) in [5.74, 6) is -2.04. The molecule has 0 radical (unpaired) electrons. The van der Waals surface area contributed by atoms with E-state index in [9.17, 15) is 13.6 Å². The molecular weight excluding hydrogens is 372 g/mol. The topological polar surface area (TPSA) is 72.7 Å². The van der Waals surface area contributed by atoms with Crippen LogP contribution >= 0.6 is 11.3 Å². The van der Waals surface area contributed by atoms with Gasteiger partial charge in [0.25, 0.3) is 5.91 Å². The highest BCUT2D eigenvalue weighted by atomic mass is 32.1. The number of hydrogen-bond acceptors (Lipinski definition) is 5. The van der Waals surface area contributed by atoms with Gasteiger partial charge >= 0.3 is 0 Å². The van der Waals surface area contributed by atoms with E-state index in [1.54, 1.807) is 17.6 Å². The molecule has 4 aromatic rings. The van der Waals surface area contributed by atoms with Gasteiger partial charge in [0, 0.05) is 17.6 Å². The van der Waals surface area contributed by atoms with Crippen LogP contribution in [0.25, 0.3) is 17.1 Å². The summed E-state index contributed by atoms with van der Waals surface area (Å²) in [7, 11) is 0. The van der Waals surface area contributed by atoms with Crippen LogP contribution in [0.15, 0.2) is 60.2 Å². The minimum atomic E-state index is -0.820. The van der Waals surface area contributed by atoms with Gasteiger partial charge in [0.2, 0.25) is 0 Å². The number of nitrogens with one attached hydrogen (secondary N) is 1. The maximum Gasteiger partial charge on any atom is 0.276 e. The lowest BCUT2D eigenvalue weighted by atomic mass is 10.3. The fraction of sp³-hybridized carbons (Fsp3) is 0. The van der Waals surface area contributed by atoms with Crippen molar-refractivity contribution in [3.05, 3.63) is 77.6 Å². The molecule has 0 atom stereocenters. The molecule has 0 bridgehead atoms. The first kappa shape index (κ1) is 17.0. The summed E-state index contributed by atoms with van der Waals surface area (Å²) in [5, 5.41) is 8.76. The largest absolute Gasteiger partial charge is 0.296 e. The highest BCUT2D eigenvalue weighted by Gasteiger charge is 2.18. The Kier molecular flexibility index (Phi) is 4.43. The molecule has 0 aliphatic heterocycles. The van der Waals surface area contributed by atoms with Gasteiger partial charge in [-0.3, -0.25) is 15.1 Å². The average Bonchev–Trinajstić information content (AvgIpc) is 3.32. The number of pyridine rings is 1. The minimum Gasteiger partial charge on any atom is -0.296 e. The second-order valence-electron chi connectivity index (χ2n) is 5.43. The van der Waals surface area contributed by atoms with Crippen molar-refractivity contribution in [2.24, 2.45) is 0 Å². The third kappa shape index (κ3) is 3.44. The number of aromatic nitrogens is 4. The van der Waals surface area contributed by atoms with E-state index in [1.807, 2.05) is 12.1 Å². The molecule has 3 aromatic heterocycles. The lowest BCUT2D eigenvalue weighted by Crippen LogP contribution is -2.17. The number of halogens is 2. The summed E-state index contributed by atoms with van der Waals surface area (Å²) >= 11 is 1.24. The van der Waals surface area contributed by atoms with Gasteiger partial charge in [-0.25, -0.2) is 18.4 Å². The summed E-state index contributed by atoms with van der Waals surface area (Å²) in [6.07, 6.45) is 3.02. The first-order valence-electron chi connectivity index (χ1n) is 7.79. The number of carbonyl (C=O) groups excluding carboxylic acids is 1. The molecule has 0 fully saturated rings. The molecule has 4 rings (SSSR count). The zero-order valence-corrected chi connectivity index (χ0v) is 14.5. The van der Waals surface area contributed by atoms with Crippen LogP contribution in [-0.4, -0.2) is 25.7 Å². The lowest BCUT2D eigenvalue weighted by molar-refractivity contribution is 0.101. The Bertz CT molecular complexity index is 1110. The van der Waals surface area contributed by atoms with Crippen LogP contribution < -0.4 is 5.32 Å². The zero-order valence-electron chi connectivity index (χ0n) is 13.6. The van der Waals surface area contributed by atoms with Gasteiger partial charge in [0.05, 0.1) is 11.9 Å². The number of carbonyl (C=O) groups is 1. The Morgan fingerprint density at radius 3 is 2.74 bits per heavy atom. The summed E-state index contributed by atoms with van der Waals surface area (Å²) < 4.78 is 28.3. The SMILES string of the molecule is O=C(Nc1nc(-c2ccccn2)cs1)c1ccnn1-c1ccc(F)cc1F.